The van der Waals surface area contributed by atoms with Gasteiger partial charge in [0.25, 0.3) is 10.0 Å². The summed E-state index contributed by atoms with van der Waals surface area (Å²) in [4.78, 5) is 14.7. The van der Waals surface area contributed by atoms with Gasteiger partial charge in [0.2, 0.25) is 0 Å². The van der Waals surface area contributed by atoms with Gasteiger partial charge in [-0.25, -0.2) is 8.42 Å². The number of rotatable bonds is 4. The van der Waals surface area contributed by atoms with Gasteiger partial charge < -0.3 is 4.90 Å². The lowest BCUT2D eigenvalue weighted by Crippen LogP contribution is -2.42. The highest BCUT2D eigenvalue weighted by molar-refractivity contribution is 8.00. The minimum absolute atomic E-state index is 0.117. The smallest absolute Gasteiger partial charge is 0.255 e. The van der Waals surface area contributed by atoms with Crippen molar-refractivity contribution in [3.05, 3.63) is 34.9 Å². The molecular weight excluding hydrogens is 440 g/mol. The maximum atomic E-state index is 13.2. The summed E-state index contributed by atoms with van der Waals surface area (Å²) in [5, 5.41) is 0.692. The largest absolute Gasteiger partial charge is 0.340 e. The third kappa shape index (κ3) is 2.84. The van der Waals surface area contributed by atoms with Gasteiger partial charge in [-0.05, 0) is 48.3 Å². The molecule has 2 heterocycles. The van der Waals surface area contributed by atoms with Crippen molar-refractivity contribution < 1.29 is 13.2 Å². The van der Waals surface area contributed by atoms with Crippen molar-refractivity contribution in [1.82, 2.24) is 4.90 Å². The Morgan fingerprint density at radius 1 is 1.23 bits per heavy atom. The SMILES string of the molecule is CC1(C)[C@H]2CC[C@@]1(CS(=O)(=O)/N=C1\CC[C@]3(c4ccc(Cl)cc4)SCCN13)C(=O)C2. The minimum atomic E-state index is -3.76. The fourth-order valence-electron chi connectivity index (χ4n) is 6.33. The van der Waals surface area contributed by atoms with E-state index >= 15 is 0 Å². The third-order valence-electron chi connectivity index (χ3n) is 8.20. The first kappa shape index (κ1) is 20.8. The molecule has 2 bridgehead atoms. The summed E-state index contributed by atoms with van der Waals surface area (Å²) in [7, 11) is -3.76. The van der Waals surface area contributed by atoms with Crippen LogP contribution in [-0.2, 0) is 19.7 Å². The first-order chi connectivity index (χ1) is 14.1. The van der Waals surface area contributed by atoms with Crippen LogP contribution in [0.5, 0.6) is 0 Å². The molecule has 0 spiro atoms. The van der Waals surface area contributed by atoms with E-state index in [1.54, 1.807) is 0 Å². The first-order valence-corrected chi connectivity index (χ1v) is 13.6. The number of Topliss-reactive ketones (excluding diaryl/α,β-unsaturated/α-hetero) is 1. The molecule has 4 fully saturated rings. The van der Waals surface area contributed by atoms with Gasteiger partial charge in [0.1, 0.15) is 16.5 Å². The number of ketones is 1. The Kier molecular flexibility index (Phi) is 4.67. The number of hydrogen-bond donors (Lipinski definition) is 0. The molecule has 0 N–H and O–H groups in total. The van der Waals surface area contributed by atoms with Crippen LogP contribution in [0.3, 0.4) is 0 Å². The summed E-state index contributed by atoms with van der Waals surface area (Å²) >= 11 is 7.92. The molecule has 2 aliphatic heterocycles. The van der Waals surface area contributed by atoms with Gasteiger partial charge >= 0.3 is 0 Å². The predicted molar refractivity (Wildman–Crippen MR) is 121 cm³/mol. The molecule has 3 atom stereocenters. The fourth-order valence-corrected chi connectivity index (χ4v) is 9.84. The molecule has 2 saturated heterocycles. The Morgan fingerprint density at radius 3 is 2.60 bits per heavy atom. The van der Waals surface area contributed by atoms with E-state index in [9.17, 15) is 13.2 Å². The lowest BCUT2D eigenvalue weighted by molar-refractivity contribution is -0.128. The zero-order valence-electron chi connectivity index (χ0n) is 17.4. The molecule has 1 aromatic carbocycles. The van der Waals surface area contributed by atoms with Gasteiger partial charge in [-0.3, -0.25) is 4.79 Å². The standard InChI is InChI=1S/C22H27ClN2O3S2/c1-20(2)16-7-9-21(20,18(26)13-16)14-30(27,28)24-19-8-10-22(25(19)11-12-29-22)15-3-5-17(23)6-4-15/h3-6,16H,7-14H2,1-2H3/b24-19+/t16-,21+,22+/m0/s1. The third-order valence-corrected chi connectivity index (χ3v) is 11.3. The zero-order chi connectivity index (χ0) is 21.4. The van der Waals surface area contributed by atoms with Gasteiger partial charge in [0, 0.05) is 30.2 Å². The Balaban J connectivity index is 1.45. The molecule has 162 valence electrons. The van der Waals surface area contributed by atoms with E-state index in [-0.39, 0.29) is 21.8 Å². The average Bonchev–Trinajstić information content (AvgIpc) is 3.34. The Hall–Kier alpha value is -1.05. The second-order valence-corrected chi connectivity index (χ2v) is 13.1. The topological polar surface area (TPSA) is 66.8 Å². The molecule has 5 rings (SSSR count). The molecule has 30 heavy (non-hydrogen) atoms. The van der Waals surface area contributed by atoms with E-state index < -0.39 is 15.4 Å². The number of amidine groups is 1. The number of thioether (sulfide) groups is 1. The molecule has 8 heteroatoms. The van der Waals surface area contributed by atoms with Crippen molar-refractivity contribution in [2.75, 3.05) is 18.1 Å². The summed E-state index contributed by atoms with van der Waals surface area (Å²) in [5.41, 5.74) is 0.0943. The molecule has 0 aromatic heterocycles. The monoisotopic (exact) mass is 466 g/mol. The normalized spacial score (nSPS) is 36.1. The molecule has 4 aliphatic rings. The van der Waals surface area contributed by atoms with E-state index in [1.165, 1.54) is 0 Å². The maximum absolute atomic E-state index is 13.2. The second-order valence-electron chi connectivity index (χ2n) is 9.69. The van der Waals surface area contributed by atoms with E-state index in [0.29, 0.717) is 36.0 Å². The van der Waals surface area contributed by atoms with E-state index in [2.05, 4.69) is 23.1 Å². The molecule has 5 nitrogen and oxygen atoms in total. The number of carbonyl (C=O) groups is 1. The van der Waals surface area contributed by atoms with Crippen molar-refractivity contribution in [1.29, 1.82) is 0 Å². The second kappa shape index (κ2) is 6.72. The number of hydrogen-bond acceptors (Lipinski definition) is 4. The van der Waals surface area contributed by atoms with Crippen LogP contribution in [0, 0.1) is 16.7 Å². The lowest BCUT2D eigenvalue weighted by Gasteiger charge is -2.35. The molecule has 2 aliphatic carbocycles. The number of fused-ring (bicyclic) bond motifs is 3. The number of benzene rings is 1. The van der Waals surface area contributed by atoms with Crippen LogP contribution in [-0.4, -0.2) is 43.0 Å². The van der Waals surface area contributed by atoms with Gasteiger partial charge in [0.05, 0.1) is 11.2 Å². The summed E-state index contributed by atoms with van der Waals surface area (Å²) < 4.78 is 30.8. The molecule has 0 amide bonds. The summed E-state index contributed by atoms with van der Waals surface area (Å²) in [5.74, 6) is 1.83. The highest BCUT2D eigenvalue weighted by Gasteiger charge is 2.65. The molecule has 0 unspecified atom stereocenters. The minimum Gasteiger partial charge on any atom is -0.340 e. The predicted octanol–water partition coefficient (Wildman–Crippen LogP) is 4.46. The van der Waals surface area contributed by atoms with Crippen LogP contribution >= 0.6 is 23.4 Å². The number of nitrogens with zero attached hydrogens (tertiary/aromatic N) is 2. The van der Waals surface area contributed by atoms with Crippen molar-refractivity contribution in [2.45, 2.75) is 50.8 Å². The first-order valence-electron chi connectivity index (χ1n) is 10.6. The quantitative estimate of drug-likeness (QED) is 0.655. The summed E-state index contributed by atoms with van der Waals surface area (Å²) in [6.45, 7) is 4.91. The Morgan fingerprint density at radius 2 is 1.97 bits per heavy atom. The Labute approximate surface area is 187 Å². The van der Waals surface area contributed by atoms with Crippen LogP contribution in [0.25, 0.3) is 0 Å². The van der Waals surface area contributed by atoms with Crippen molar-refractivity contribution in [3.63, 3.8) is 0 Å². The average molecular weight is 467 g/mol. The van der Waals surface area contributed by atoms with Crippen molar-refractivity contribution >= 4 is 45.0 Å². The lowest BCUT2D eigenvalue weighted by atomic mass is 9.70. The van der Waals surface area contributed by atoms with Crippen LogP contribution in [0.1, 0.15) is 51.5 Å². The molecule has 2 saturated carbocycles. The highest BCUT2D eigenvalue weighted by atomic mass is 35.5. The van der Waals surface area contributed by atoms with E-state index in [4.69, 9.17) is 11.6 Å². The molecular formula is C22H27ClN2O3S2. The Bertz CT molecular complexity index is 1040. The highest BCUT2D eigenvalue weighted by Crippen LogP contribution is 2.64. The fraction of sp³-hybridized carbons (Fsp3) is 0.636. The van der Waals surface area contributed by atoms with Gasteiger partial charge in [0.15, 0.2) is 0 Å². The summed E-state index contributed by atoms with van der Waals surface area (Å²) in [6, 6.07) is 7.83. The van der Waals surface area contributed by atoms with Crippen molar-refractivity contribution in [2.24, 2.45) is 21.1 Å². The van der Waals surface area contributed by atoms with Crippen LogP contribution < -0.4 is 0 Å². The zero-order valence-corrected chi connectivity index (χ0v) is 19.7. The van der Waals surface area contributed by atoms with Gasteiger partial charge in [-0.15, -0.1) is 11.8 Å². The maximum Gasteiger partial charge on any atom is 0.255 e. The summed E-state index contributed by atoms with van der Waals surface area (Å²) in [6.07, 6.45) is 3.57. The number of sulfonamides is 1. The van der Waals surface area contributed by atoms with E-state index in [0.717, 1.165) is 30.7 Å². The van der Waals surface area contributed by atoms with Crippen LogP contribution in [0.15, 0.2) is 28.7 Å². The van der Waals surface area contributed by atoms with Gasteiger partial charge in [-0.2, -0.15) is 4.40 Å². The van der Waals surface area contributed by atoms with Gasteiger partial charge in [-0.1, -0.05) is 37.6 Å². The number of carbonyl (C=O) groups excluding carboxylic acids is 1. The van der Waals surface area contributed by atoms with Crippen molar-refractivity contribution in [3.8, 4) is 0 Å². The van der Waals surface area contributed by atoms with Crippen LogP contribution in [0.4, 0.5) is 0 Å². The van der Waals surface area contributed by atoms with E-state index in [1.807, 2.05) is 36.0 Å². The van der Waals surface area contributed by atoms with Crippen LogP contribution in [0.2, 0.25) is 5.02 Å². The molecule has 0 radical (unpaired) electrons. The number of halogens is 1. The molecule has 1 aromatic rings.